The monoisotopic (exact) mass is 283 g/mol. The van der Waals surface area contributed by atoms with Crippen molar-refractivity contribution < 1.29 is 14.3 Å². The van der Waals surface area contributed by atoms with Crippen molar-refractivity contribution in [1.29, 1.82) is 5.26 Å². The summed E-state index contributed by atoms with van der Waals surface area (Å²) in [5.41, 5.74) is -0.408. The van der Waals surface area contributed by atoms with Crippen molar-refractivity contribution in [3.63, 3.8) is 0 Å². The van der Waals surface area contributed by atoms with Gasteiger partial charge in [-0.2, -0.15) is 5.26 Å². The summed E-state index contributed by atoms with van der Waals surface area (Å²) in [5.74, 6) is 5.58. The van der Waals surface area contributed by atoms with Crippen LogP contribution < -0.4 is 0 Å². The lowest BCUT2D eigenvalue weighted by Gasteiger charge is -2.26. The number of rotatable bonds is 3. The third kappa shape index (κ3) is 2.63. The van der Waals surface area contributed by atoms with E-state index in [-0.39, 0.29) is 0 Å². The summed E-state index contributed by atoms with van der Waals surface area (Å²) in [6.45, 7) is 1.82. The van der Waals surface area contributed by atoms with Gasteiger partial charge in [0.05, 0.1) is 24.2 Å². The topological polar surface area (TPSA) is 59.3 Å². The fourth-order valence-corrected chi connectivity index (χ4v) is 2.25. The molecule has 21 heavy (non-hydrogen) atoms. The zero-order valence-corrected chi connectivity index (χ0v) is 12.4. The van der Waals surface area contributed by atoms with E-state index in [0.29, 0.717) is 11.1 Å². The maximum Gasteiger partial charge on any atom is 0.339 e. The van der Waals surface area contributed by atoms with E-state index in [9.17, 15) is 10.1 Å². The van der Waals surface area contributed by atoms with Crippen molar-refractivity contribution in [3.05, 3.63) is 35.4 Å². The van der Waals surface area contributed by atoms with E-state index in [1.165, 1.54) is 7.11 Å². The summed E-state index contributed by atoms with van der Waals surface area (Å²) in [7, 11) is 2.89. The van der Waals surface area contributed by atoms with Gasteiger partial charge in [-0.3, -0.25) is 0 Å². The first-order valence-electron chi connectivity index (χ1n) is 6.69. The molecule has 0 amide bonds. The Balaban J connectivity index is 2.40. The molecule has 4 heteroatoms. The molecule has 0 radical (unpaired) electrons. The molecule has 4 nitrogen and oxygen atoms in total. The molecule has 0 heterocycles. The lowest BCUT2D eigenvalue weighted by Crippen LogP contribution is -2.36. The number of carbonyl (C=O) groups excluding carboxylic acids is 1. The maximum absolute atomic E-state index is 11.7. The van der Waals surface area contributed by atoms with Gasteiger partial charge >= 0.3 is 5.97 Å². The molecule has 0 aromatic heterocycles. The van der Waals surface area contributed by atoms with Crippen LogP contribution in [0.1, 0.15) is 35.7 Å². The summed E-state index contributed by atoms with van der Waals surface area (Å²) in [6.07, 6.45) is 1.56. The van der Waals surface area contributed by atoms with Crippen LogP contribution in [-0.4, -0.2) is 25.8 Å². The summed E-state index contributed by atoms with van der Waals surface area (Å²) in [5, 5.41) is 9.33. The van der Waals surface area contributed by atoms with Gasteiger partial charge in [0, 0.05) is 12.7 Å². The lowest BCUT2D eigenvalue weighted by atomic mass is 9.87. The highest BCUT2D eigenvalue weighted by Gasteiger charge is 2.58. The largest absolute Gasteiger partial charge is 0.465 e. The van der Waals surface area contributed by atoms with E-state index in [4.69, 9.17) is 9.47 Å². The van der Waals surface area contributed by atoms with E-state index in [1.807, 2.05) is 6.92 Å². The Morgan fingerprint density at radius 2 is 2.00 bits per heavy atom. The van der Waals surface area contributed by atoms with E-state index in [1.54, 1.807) is 31.4 Å². The molecule has 0 aliphatic heterocycles. The average Bonchev–Trinajstić information content (AvgIpc) is 3.33. The molecule has 0 N–H and O–H groups in total. The van der Waals surface area contributed by atoms with E-state index in [2.05, 4.69) is 17.9 Å². The zero-order chi connectivity index (χ0) is 15.5. The normalized spacial score (nSPS) is 17.6. The number of ether oxygens (including phenoxy) is 2. The second kappa shape index (κ2) is 5.60. The summed E-state index contributed by atoms with van der Waals surface area (Å²) in [4.78, 5) is 11.7. The van der Waals surface area contributed by atoms with E-state index >= 15 is 0 Å². The minimum absolute atomic E-state index is 0.410. The first-order chi connectivity index (χ1) is 10.0. The second-order valence-corrected chi connectivity index (χ2v) is 5.22. The Kier molecular flexibility index (Phi) is 4.02. The number of benzene rings is 1. The number of hydrogen-bond donors (Lipinski definition) is 0. The van der Waals surface area contributed by atoms with Crippen molar-refractivity contribution in [1.82, 2.24) is 0 Å². The van der Waals surface area contributed by atoms with Crippen LogP contribution in [-0.2, 0) is 9.47 Å². The Hall–Kier alpha value is -2.30. The summed E-state index contributed by atoms with van der Waals surface area (Å²) in [6, 6.07) is 9.28. The Morgan fingerprint density at radius 3 is 2.52 bits per heavy atom. The second-order valence-electron chi connectivity index (χ2n) is 5.22. The van der Waals surface area contributed by atoms with Gasteiger partial charge in [-0.25, -0.2) is 4.79 Å². The van der Waals surface area contributed by atoms with Gasteiger partial charge < -0.3 is 9.47 Å². The Morgan fingerprint density at radius 1 is 1.33 bits per heavy atom. The molecular formula is C17H17NO3. The molecule has 2 rings (SSSR count). The van der Waals surface area contributed by atoms with Crippen LogP contribution in [0.3, 0.4) is 0 Å². The van der Waals surface area contributed by atoms with Crippen molar-refractivity contribution in [2.45, 2.75) is 25.4 Å². The molecular weight excluding hydrogens is 266 g/mol. The van der Waals surface area contributed by atoms with Crippen LogP contribution in [0.25, 0.3) is 0 Å². The quantitative estimate of drug-likeness (QED) is 0.632. The SMILES string of the molecule is COC(=O)c1ccccc1C#C[C@](C)(OC)C1(C#N)CC1. The minimum atomic E-state index is -0.842. The Labute approximate surface area is 124 Å². The van der Waals surface area contributed by atoms with Crippen LogP contribution in [0.4, 0.5) is 0 Å². The Bertz CT molecular complexity index is 659. The number of carbonyl (C=O) groups is 1. The number of hydrogen-bond acceptors (Lipinski definition) is 4. The number of methoxy groups -OCH3 is 2. The van der Waals surface area contributed by atoms with Crippen LogP contribution in [0.2, 0.25) is 0 Å². The van der Waals surface area contributed by atoms with Gasteiger partial charge in [0.25, 0.3) is 0 Å². The third-order valence-corrected chi connectivity index (χ3v) is 4.05. The van der Waals surface area contributed by atoms with Crippen molar-refractivity contribution in [2.75, 3.05) is 14.2 Å². The van der Waals surface area contributed by atoms with Gasteiger partial charge in [0.15, 0.2) is 0 Å². The van der Waals surface area contributed by atoms with Gasteiger partial charge in [-0.05, 0) is 31.9 Å². The molecule has 108 valence electrons. The smallest absolute Gasteiger partial charge is 0.339 e. The van der Waals surface area contributed by atoms with Crippen LogP contribution in [0.5, 0.6) is 0 Å². The molecule has 1 aliphatic carbocycles. The predicted molar refractivity (Wildman–Crippen MR) is 77.4 cm³/mol. The van der Waals surface area contributed by atoms with Crippen molar-refractivity contribution in [3.8, 4) is 17.9 Å². The van der Waals surface area contributed by atoms with Crippen molar-refractivity contribution in [2.24, 2.45) is 5.41 Å². The molecule has 0 spiro atoms. The molecule has 1 aromatic carbocycles. The summed E-state index contributed by atoms with van der Waals surface area (Å²) < 4.78 is 10.2. The van der Waals surface area contributed by atoms with Gasteiger partial charge in [0.1, 0.15) is 5.60 Å². The zero-order valence-electron chi connectivity index (χ0n) is 12.4. The maximum atomic E-state index is 11.7. The molecule has 0 saturated heterocycles. The minimum Gasteiger partial charge on any atom is -0.465 e. The predicted octanol–water partition coefficient (Wildman–Crippen LogP) is 2.53. The van der Waals surface area contributed by atoms with E-state index in [0.717, 1.165) is 12.8 Å². The third-order valence-electron chi connectivity index (χ3n) is 4.05. The fraction of sp³-hybridized carbons (Fsp3) is 0.412. The molecule has 1 atom stereocenters. The van der Waals surface area contributed by atoms with Crippen LogP contribution in [0.15, 0.2) is 24.3 Å². The molecule has 1 saturated carbocycles. The molecule has 1 aromatic rings. The van der Waals surface area contributed by atoms with Gasteiger partial charge in [-0.15, -0.1) is 0 Å². The van der Waals surface area contributed by atoms with Crippen LogP contribution in [0, 0.1) is 28.6 Å². The molecule has 1 aliphatic rings. The number of nitrogens with zero attached hydrogens (tertiary/aromatic N) is 1. The van der Waals surface area contributed by atoms with E-state index < -0.39 is 17.0 Å². The standard InChI is InChI=1S/C17H17NO3/c1-16(21-3,17(12-18)10-11-17)9-8-13-6-4-5-7-14(13)15(19)20-2/h4-7H,10-11H2,1-3H3/t16-/m0/s1. The first-order valence-corrected chi connectivity index (χ1v) is 6.69. The highest BCUT2D eigenvalue weighted by atomic mass is 16.5. The van der Waals surface area contributed by atoms with Crippen LogP contribution >= 0.6 is 0 Å². The first kappa shape index (κ1) is 15.1. The molecule has 0 bridgehead atoms. The highest BCUT2D eigenvalue weighted by Crippen LogP contribution is 2.54. The average molecular weight is 283 g/mol. The highest BCUT2D eigenvalue weighted by molar-refractivity contribution is 5.92. The number of esters is 1. The fourth-order valence-electron chi connectivity index (χ4n) is 2.25. The molecule has 1 fully saturated rings. The van der Waals surface area contributed by atoms with Crippen molar-refractivity contribution >= 4 is 5.97 Å². The molecule has 0 unspecified atom stereocenters. The number of nitriles is 1. The lowest BCUT2D eigenvalue weighted by molar-refractivity contribution is 0.0147. The van der Waals surface area contributed by atoms with Gasteiger partial charge in [-0.1, -0.05) is 24.0 Å². The van der Waals surface area contributed by atoms with Gasteiger partial charge in [0.2, 0.25) is 0 Å². The summed E-state index contributed by atoms with van der Waals surface area (Å²) >= 11 is 0.